The van der Waals surface area contributed by atoms with Gasteiger partial charge in [0, 0.05) is 19.0 Å². The van der Waals surface area contributed by atoms with E-state index < -0.39 is 71.7 Å². The van der Waals surface area contributed by atoms with Crippen molar-refractivity contribution in [2.45, 2.75) is 65.7 Å². The molecular formula is C30H41F3N5O8+. The zero-order chi connectivity index (χ0) is 34.9. The van der Waals surface area contributed by atoms with E-state index in [1.807, 2.05) is 19.9 Å². The number of methoxy groups -OCH3 is 2. The van der Waals surface area contributed by atoms with Gasteiger partial charge in [0.25, 0.3) is 0 Å². The van der Waals surface area contributed by atoms with Crippen LogP contribution in [0.5, 0.6) is 0 Å². The number of likely N-dealkylation sites (tertiary alicyclic amines) is 2. The van der Waals surface area contributed by atoms with Crippen molar-refractivity contribution in [3.8, 4) is 6.07 Å². The normalized spacial score (nSPS) is 25.2. The van der Waals surface area contributed by atoms with E-state index in [1.54, 1.807) is 20.8 Å². The Morgan fingerprint density at radius 1 is 1.13 bits per heavy atom. The highest BCUT2D eigenvalue weighted by Gasteiger charge is 2.70. The van der Waals surface area contributed by atoms with Crippen LogP contribution in [0, 0.1) is 45.8 Å². The van der Waals surface area contributed by atoms with Crippen LogP contribution >= 0.6 is 0 Å². The average molecular weight is 657 g/mol. The van der Waals surface area contributed by atoms with Crippen molar-refractivity contribution in [1.82, 2.24) is 15.1 Å². The minimum absolute atomic E-state index is 0.0304. The van der Waals surface area contributed by atoms with Crippen molar-refractivity contribution in [3.63, 3.8) is 0 Å². The number of nitrogens with zero attached hydrogens (tertiary/aromatic N) is 4. The quantitative estimate of drug-likeness (QED) is 0.204. The van der Waals surface area contributed by atoms with Crippen LogP contribution in [0.4, 0.5) is 13.2 Å². The number of ether oxygens (including phenoxy) is 2. The highest BCUT2D eigenvalue weighted by atomic mass is 19.4. The Morgan fingerprint density at radius 2 is 1.74 bits per heavy atom. The SMILES string of the molecule is COC(=O)CN1CC[C@@H](C[C@@H](C#N)NC(=O)[C@@H]2C3[C@H](CN2C(=O)C(C=[N+](CC(=O)OC)C(=O)C(F)(F)F)C(C)(C)C)C3(C)C)C1=O. The van der Waals surface area contributed by atoms with Crippen molar-refractivity contribution in [3.05, 3.63) is 0 Å². The fourth-order valence-electron chi connectivity index (χ4n) is 6.47. The first kappa shape index (κ1) is 36.4. The summed E-state index contributed by atoms with van der Waals surface area (Å²) in [6, 6.07) is -0.200. The van der Waals surface area contributed by atoms with Crippen LogP contribution in [0.2, 0.25) is 0 Å². The first-order chi connectivity index (χ1) is 21.2. The number of piperidine rings is 1. The van der Waals surface area contributed by atoms with Crippen LogP contribution in [0.3, 0.4) is 0 Å². The fourth-order valence-corrected chi connectivity index (χ4v) is 6.47. The fraction of sp³-hybridized carbons (Fsp3) is 0.733. The summed E-state index contributed by atoms with van der Waals surface area (Å²) in [6.07, 6.45) is -4.25. The standard InChI is InChI=1S/C30H40F3N5O8/c1-28(2,3)19(12-37(15-21(40)46-7)27(44)30(31,32)33)26(43)38-13-18-22(29(18,4)5)23(38)24(41)35-17(11-34)10-16-8-9-36(25(16)42)14-20(39)45-6/h12,16-19,22-23H,8-10,13-15H2,1-7H3/p+1/t16-,17-,18-,19?,22?,23-/m0/s1. The van der Waals surface area contributed by atoms with E-state index in [-0.39, 0.29) is 53.8 Å². The molecule has 0 aromatic heterocycles. The summed E-state index contributed by atoms with van der Waals surface area (Å²) in [7, 11) is 2.15. The second kappa shape index (κ2) is 13.4. The van der Waals surface area contributed by atoms with E-state index in [0.29, 0.717) is 6.42 Å². The number of amides is 4. The molecule has 2 saturated heterocycles. The van der Waals surface area contributed by atoms with E-state index >= 15 is 0 Å². The molecule has 1 saturated carbocycles. The zero-order valence-corrected chi connectivity index (χ0v) is 27.0. The Labute approximate surface area is 265 Å². The second-order valence-electron chi connectivity index (χ2n) is 13.6. The van der Waals surface area contributed by atoms with Crippen molar-refractivity contribution in [2.75, 3.05) is 40.4 Å². The maximum atomic E-state index is 14.1. The maximum absolute atomic E-state index is 14.1. The van der Waals surface area contributed by atoms with Gasteiger partial charge in [0.2, 0.25) is 24.3 Å². The number of fused-ring (bicyclic) bond motifs is 1. The number of nitriles is 1. The smallest absolute Gasteiger partial charge is 0.468 e. The molecule has 1 aliphatic carbocycles. The van der Waals surface area contributed by atoms with Gasteiger partial charge >= 0.3 is 24.0 Å². The van der Waals surface area contributed by atoms with Gasteiger partial charge in [-0.15, -0.1) is 0 Å². The largest absolute Gasteiger partial charge is 0.521 e. The van der Waals surface area contributed by atoms with Gasteiger partial charge in [-0.05, 0) is 35.5 Å². The third kappa shape index (κ3) is 7.67. The number of rotatable bonds is 10. The lowest BCUT2D eigenvalue weighted by Crippen LogP contribution is -2.55. The molecule has 3 rings (SSSR count). The average Bonchev–Trinajstić information content (AvgIpc) is 3.26. The minimum atomic E-state index is -5.35. The Kier molecular flexibility index (Phi) is 10.6. The van der Waals surface area contributed by atoms with Gasteiger partial charge in [-0.2, -0.15) is 23.0 Å². The molecule has 2 aliphatic heterocycles. The molecule has 6 atom stereocenters. The monoisotopic (exact) mass is 656 g/mol. The molecule has 0 aromatic rings. The Bertz CT molecular complexity index is 1350. The van der Waals surface area contributed by atoms with E-state index in [4.69, 9.17) is 0 Å². The summed E-state index contributed by atoms with van der Waals surface area (Å²) in [6.45, 7) is 7.64. The van der Waals surface area contributed by atoms with Crippen LogP contribution in [0.1, 0.15) is 47.5 Å². The molecule has 0 radical (unpaired) electrons. The Morgan fingerprint density at radius 3 is 2.26 bits per heavy atom. The summed E-state index contributed by atoms with van der Waals surface area (Å²) in [5.41, 5.74) is -1.41. The Hall–Kier alpha value is -4.03. The van der Waals surface area contributed by atoms with Crippen molar-refractivity contribution in [1.29, 1.82) is 5.26 Å². The van der Waals surface area contributed by atoms with Crippen LogP contribution in [-0.4, -0.2) is 115 Å². The third-order valence-electron chi connectivity index (χ3n) is 9.27. The van der Waals surface area contributed by atoms with Crippen LogP contribution in [0.25, 0.3) is 0 Å². The van der Waals surface area contributed by atoms with E-state index in [0.717, 1.165) is 13.3 Å². The molecule has 1 N–H and O–H groups in total. The third-order valence-corrected chi connectivity index (χ3v) is 9.27. The summed E-state index contributed by atoms with van der Waals surface area (Å²) in [5, 5.41) is 12.5. The second-order valence-corrected chi connectivity index (χ2v) is 13.6. The molecule has 0 aromatic carbocycles. The lowest BCUT2D eigenvalue weighted by molar-refractivity contribution is -0.459. The topological polar surface area (TPSA) is 166 Å². The first-order valence-corrected chi connectivity index (χ1v) is 14.8. The molecular weight excluding hydrogens is 615 g/mol. The lowest BCUT2D eigenvalue weighted by Gasteiger charge is -2.35. The number of hydrogen-bond donors (Lipinski definition) is 1. The number of carbonyl (C=O) groups is 6. The van der Waals surface area contributed by atoms with Crippen molar-refractivity contribution >= 4 is 41.8 Å². The van der Waals surface area contributed by atoms with Crippen molar-refractivity contribution < 1.29 is 56.0 Å². The minimum Gasteiger partial charge on any atom is -0.468 e. The highest BCUT2D eigenvalue weighted by Crippen LogP contribution is 2.65. The molecule has 0 spiro atoms. The molecule has 254 valence electrons. The van der Waals surface area contributed by atoms with Gasteiger partial charge in [-0.1, -0.05) is 34.6 Å². The molecule has 46 heavy (non-hydrogen) atoms. The summed E-state index contributed by atoms with van der Waals surface area (Å²) in [4.78, 5) is 79.0. The maximum Gasteiger partial charge on any atom is 0.521 e. The number of esters is 2. The summed E-state index contributed by atoms with van der Waals surface area (Å²) < 4.78 is 49.5. The molecule has 3 fully saturated rings. The van der Waals surface area contributed by atoms with Crippen LogP contribution in [-0.2, 0) is 38.2 Å². The Balaban J connectivity index is 1.87. The zero-order valence-electron chi connectivity index (χ0n) is 27.0. The first-order valence-electron chi connectivity index (χ1n) is 14.8. The molecule has 3 aliphatic rings. The van der Waals surface area contributed by atoms with Gasteiger partial charge in [-0.3, -0.25) is 19.2 Å². The number of hydrogen-bond acceptors (Lipinski definition) is 9. The van der Waals surface area contributed by atoms with Gasteiger partial charge in [0.15, 0.2) is 6.21 Å². The van der Waals surface area contributed by atoms with Gasteiger partial charge < -0.3 is 24.6 Å². The van der Waals surface area contributed by atoms with Gasteiger partial charge in [0.1, 0.15) is 24.5 Å². The van der Waals surface area contributed by atoms with E-state index in [9.17, 15) is 47.2 Å². The molecule has 0 bridgehead atoms. The summed E-state index contributed by atoms with van der Waals surface area (Å²) in [5.74, 6) is -8.24. The molecule has 4 amide bonds. The molecule has 13 nitrogen and oxygen atoms in total. The van der Waals surface area contributed by atoms with Crippen molar-refractivity contribution in [2.24, 2.45) is 34.5 Å². The molecule has 16 heteroatoms. The summed E-state index contributed by atoms with van der Waals surface area (Å²) >= 11 is 0. The predicted octanol–water partition coefficient (Wildman–Crippen LogP) is 0.897. The number of nitrogens with one attached hydrogen (secondary N) is 1. The van der Waals surface area contributed by atoms with E-state index in [1.165, 1.54) is 16.9 Å². The number of halogens is 3. The highest BCUT2D eigenvalue weighted by molar-refractivity contribution is 5.98. The predicted molar refractivity (Wildman–Crippen MR) is 152 cm³/mol. The molecule has 2 heterocycles. The van der Waals surface area contributed by atoms with Gasteiger partial charge in [0.05, 0.1) is 20.3 Å². The number of carbonyl (C=O) groups excluding carboxylic acids is 6. The lowest BCUT2D eigenvalue weighted by atomic mass is 9.80. The molecule has 2 unspecified atom stereocenters. The number of alkyl halides is 3. The van der Waals surface area contributed by atoms with E-state index in [2.05, 4.69) is 14.8 Å². The van der Waals surface area contributed by atoms with Crippen LogP contribution in [0.15, 0.2) is 0 Å². The van der Waals surface area contributed by atoms with Crippen LogP contribution < -0.4 is 5.32 Å². The van der Waals surface area contributed by atoms with Gasteiger partial charge in [-0.25, -0.2) is 9.59 Å².